The van der Waals surface area contributed by atoms with Crippen molar-refractivity contribution in [3.05, 3.63) is 24.0 Å². The van der Waals surface area contributed by atoms with Crippen molar-refractivity contribution < 1.29 is 19.0 Å². The Bertz CT molecular complexity index is 422. The Kier molecular flexibility index (Phi) is 2.78. The summed E-state index contributed by atoms with van der Waals surface area (Å²) in [5.74, 6) is -0.312. The summed E-state index contributed by atoms with van der Waals surface area (Å²) in [7, 11) is 1.41. The first-order valence-corrected chi connectivity index (χ1v) is 4.94. The van der Waals surface area contributed by atoms with Crippen molar-refractivity contribution in [2.45, 2.75) is 12.5 Å². The smallest absolute Gasteiger partial charge is 0.229 e. The van der Waals surface area contributed by atoms with E-state index >= 15 is 0 Å². The van der Waals surface area contributed by atoms with Crippen LogP contribution in [0.3, 0.4) is 0 Å². The third kappa shape index (κ3) is 1.86. The van der Waals surface area contributed by atoms with E-state index < -0.39 is 11.9 Å². The molecule has 4 nitrogen and oxygen atoms in total. The average Bonchev–Trinajstić information content (AvgIpc) is 2.57. The second-order valence-corrected chi connectivity index (χ2v) is 3.68. The number of nitrogens with zero attached hydrogens (tertiary/aromatic N) is 1. The van der Waals surface area contributed by atoms with Gasteiger partial charge in [-0.3, -0.25) is 4.79 Å². The highest BCUT2D eigenvalue weighted by atomic mass is 19.1. The molecule has 1 N–H and O–H groups in total. The van der Waals surface area contributed by atoms with Crippen molar-refractivity contribution in [3.8, 4) is 5.75 Å². The zero-order valence-electron chi connectivity index (χ0n) is 8.81. The topological polar surface area (TPSA) is 49.8 Å². The first-order valence-electron chi connectivity index (χ1n) is 4.94. The predicted molar refractivity (Wildman–Crippen MR) is 55.9 cm³/mol. The zero-order valence-corrected chi connectivity index (χ0v) is 8.81. The molecule has 1 atom stereocenters. The van der Waals surface area contributed by atoms with Crippen LogP contribution in [-0.2, 0) is 4.79 Å². The van der Waals surface area contributed by atoms with Crippen LogP contribution in [0.25, 0.3) is 0 Å². The number of β-amino-alcohol motifs (C(OH)–C–C–N with tert-alkyl or cyclic N) is 1. The molecule has 1 aromatic rings. The van der Waals surface area contributed by atoms with Crippen LogP contribution in [0, 0.1) is 5.82 Å². The minimum Gasteiger partial charge on any atom is -0.494 e. The number of hydrogen-bond acceptors (Lipinski definition) is 3. The Balaban J connectivity index is 2.36. The molecule has 1 aliphatic heterocycles. The second kappa shape index (κ2) is 4.09. The molecule has 0 aliphatic carbocycles. The minimum atomic E-state index is -0.665. The van der Waals surface area contributed by atoms with Gasteiger partial charge in [-0.25, -0.2) is 4.39 Å². The van der Waals surface area contributed by atoms with E-state index in [1.165, 1.54) is 30.2 Å². The van der Waals surface area contributed by atoms with Crippen LogP contribution >= 0.6 is 0 Å². The molecule has 0 bridgehead atoms. The minimum absolute atomic E-state index is 0.0977. The standard InChI is InChI=1S/C11H12FNO3/c1-16-10-4-7(12)2-3-9(10)13-6-8(14)5-11(13)15/h2-4,8,14H,5-6H2,1H3. The number of aliphatic hydroxyl groups is 1. The predicted octanol–water partition coefficient (Wildman–Crippen LogP) is 0.932. The van der Waals surface area contributed by atoms with Crippen molar-refractivity contribution in [1.29, 1.82) is 0 Å². The van der Waals surface area contributed by atoms with Crippen LogP contribution in [0.2, 0.25) is 0 Å². The van der Waals surface area contributed by atoms with E-state index in [1.54, 1.807) is 0 Å². The number of benzene rings is 1. The molecule has 2 rings (SSSR count). The van der Waals surface area contributed by atoms with E-state index in [1.807, 2.05) is 0 Å². The molecule has 1 aromatic carbocycles. The molecule has 1 saturated heterocycles. The molecule has 1 fully saturated rings. The Morgan fingerprint density at radius 1 is 1.56 bits per heavy atom. The molecular formula is C11H12FNO3. The number of rotatable bonds is 2. The Labute approximate surface area is 92.2 Å². The van der Waals surface area contributed by atoms with Gasteiger partial charge in [0, 0.05) is 6.07 Å². The summed E-state index contributed by atoms with van der Waals surface area (Å²) in [6.45, 7) is 0.223. The van der Waals surface area contributed by atoms with Crippen LogP contribution in [0.1, 0.15) is 6.42 Å². The SMILES string of the molecule is COc1cc(F)ccc1N1CC(O)CC1=O. The van der Waals surface area contributed by atoms with Crippen molar-refractivity contribution in [1.82, 2.24) is 0 Å². The quantitative estimate of drug-likeness (QED) is 0.814. The highest BCUT2D eigenvalue weighted by Crippen LogP contribution is 2.31. The van der Waals surface area contributed by atoms with E-state index in [-0.39, 0.29) is 18.9 Å². The molecule has 0 saturated carbocycles. The number of carbonyl (C=O) groups excluding carboxylic acids is 1. The zero-order chi connectivity index (χ0) is 11.7. The van der Waals surface area contributed by atoms with Gasteiger partial charge in [0.1, 0.15) is 11.6 Å². The first kappa shape index (κ1) is 10.9. The van der Waals surface area contributed by atoms with Crippen molar-refractivity contribution in [2.24, 2.45) is 0 Å². The lowest BCUT2D eigenvalue weighted by Gasteiger charge is -2.18. The van der Waals surface area contributed by atoms with Gasteiger partial charge in [-0.1, -0.05) is 0 Å². The Hall–Kier alpha value is -1.62. The lowest BCUT2D eigenvalue weighted by atomic mass is 10.2. The molecule has 1 aliphatic rings. The normalized spacial score (nSPS) is 20.3. The maximum atomic E-state index is 13.0. The van der Waals surface area contributed by atoms with Crippen LogP contribution in [0.15, 0.2) is 18.2 Å². The highest BCUT2D eigenvalue weighted by Gasteiger charge is 2.30. The number of anilines is 1. The van der Waals surface area contributed by atoms with E-state index in [0.29, 0.717) is 11.4 Å². The first-order chi connectivity index (χ1) is 7.61. The van der Waals surface area contributed by atoms with Gasteiger partial charge in [-0.05, 0) is 12.1 Å². The summed E-state index contributed by atoms with van der Waals surface area (Å²) >= 11 is 0. The van der Waals surface area contributed by atoms with Crippen LogP contribution < -0.4 is 9.64 Å². The molecule has 16 heavy (non-hydrogen) atoms. The molecular weight excluding hydrogens is 213 g/mol. The van der Waals surface area contributed by atoms with Crippen molar-refractivity contribution in [3.63, 3.8) is 0 Å². The summed E-state index contributed by atoms with van der Waals surface area (Å²) in [6, 6.07) is 3.95. The number of carbonyl (C=O) groups is 1. The maximum absolute atomic E-state index is 13.0. The summed E-state index contributed by atoms with van der Waals surface area (Å²) in [5, 5.41) is 9.37. The highest BCUT2D eigenvalue weighted by molar-refractivity contribution is 5.97. The van der Waals surface area contributed by atoms with Crippen LogP contribution in [0.5, 0.6) is 5.75 Å². The molecule has 5 heteroatoms. The van der Waals surface area contributed by atoms with Crippen molar-refractivity contribution in [2.75, 3.05) is 18.6 Å². The van der Waals surface area contributed by atoms with E-state index in [4.69, 9.17) is 4.74 Å². The lowest BCUT2D eigenvalue weighted by molar-refractivity contribution is -0.117. The third-order valence-electron chi connectivity index (χ3n) is 2.54. The summed E-state index contributed by atoms with van der Waals surface area (Å²) in [5.41, 5.74) is 0.491. The lowest BCUT2D eigenvalue weighted by Crippen LogP contribution is -2.25. The van der Waals surface area contributed by atoms with E-state index in [2.05, 4.69) is 0 Å². The average molecular weight is 225 g/mol. The van der Waals surface area contributed by atoms with Gasteiger partial charge in [0.15, 0.2) is 0 Å². The molecule has 1 heterocycles. The molecule has 0 aromatic heterocycles. The van der Waals surface area contributed by atoms with E-state index in [9.17, 15) is 14.3 Å². The number of aliphatic hydroxyl groups excluding tert-OH is 1. The molecule has 1 unspecified atom stereocenters. The monoisotopic (exact) mass is 225 g/mol. The number of hydrogen-bond donors (Lipinski definition) is 1. The fraction of sp³-hybridized carbons (Fsp3) is 0.364. The Morgan fingerprint density at radius 3 is 2.88 bits per heavy atom. The summed E-state index contributed by atoms with van der Waals surface area (Å²) in [6.07, 6.45) is -0.567. The van der Waals surface area contributed by atoms with Crippen LogP contribution in [0.4, 0.5) is 10.1 Å². The largest absolute Gasteiger partial charge is 0.494 e. The van der Waals surface area contributed by atoms with Gasteiger partial charge in [-0.2, -0.15) is 0 Å². The number of ether oxygens (including phenoxy) is 1. The second-order valence-electron chi connectivity index (χ2n) is 3.68. The maximum Gasteiger partial charge on any atom is 0.229 e. The van der Waals surface area contributed by atoms with Gasteiger partial charge in [0.05, 0.1) is 31.9 Å². The third-order valence-corrected chi connectivity index (χ3v) is 2.54. The Morgan fingerprint density at radius 2 is 2.31 bits per heavy atom. The van der Waals surface area contributed by atoms with Gasteiger partial charge in [0.2, 0.25) is 5.91 Å². The summed E-state index contributed by atoms with van der Waals surface area (Å²) < 4.78 is 18.0. The molecule has 0 spiro atoms. The van der Waals surface area contributed by atoms with Crippen molar-refractivity contribution >= 4 is 11.6 Å². The van der Waals surface area contributed by atoms with Gasteiger partial charge >= 0.3 is 0 Å². The number of amides is 1. The molecule has 0 radical (unpaired) electrons. The van der Waals surface area contributed by atoms with Crippen LogP contribution in [-0.4, -0.2) is 30.8 Å². The fourth-order valence-corrected chi connectivity index (χ4v) is 1.80. The molecule has 1 amide bonds. The number of methoxy groups -OCH3 is 1. The number of halogens is 1. The van der Waals surface area contributed by atoms with E-state index in [0.717, 1.165) is 0 Å². The fourth-order valence-electron chi connectivity index (χ4n) is 1.80. The van der Waals surface area contributed by atoms with Gasteiger partial charge < -0.3 is 14.7 Å². The van der Waals surface area contributed by atoms with Gasteiger partial charge in [-0.15, -0.1) is 0 Å². The molecule has 86 valence electrons. The van der Waals surface area contributed by atoms with Gasteiger partial charge in [0.25, 0.3) is 0 Å². The summed E-state index contributed by atoms with van der Waals surface area (Å²) in [4.78, 5) is 13.0.